The van der Waals surface area contributed by atoms with Crippen molar-refractivity contribution in [2.24, 2.45) is 7.05 Å². The number of pyridine rings is 3. The maximum Gasteiger partial charge on any atom is 0.363 e. The van der Waals surface area contributed by atoms with Crippen molar-refractivity contribution in [3.8, 4) is 0 Å². The lowest BCUT2D eigenvalue weighted by molar-refractivity contribution is -0.389. The fourth-order valence-electron chi connectivity index (χ4n) is 5.24. The minimum atomic E-state index is -0.479. The Morgan fingerprint density at radius 1 is 1.13 bits per heavy atom. The number of hydrogen-bond acceptors (Lipinski definition) is 7. The first-order valence-electron chi connectivity index (χ1n) is 12.6. The Kier molecular flexibility index (Phi) is 7.53. The smallest absolute Gasteiger partial charge is 0.363 e. The Bertz CT molecular complexity index is 1540. The van der Waals surface area contributed by atoms with Crippen molar-refractivity contribution < 1.29 is 4.92 Å². The molecule has 10 heteroatoms. The maximum atomic E-state index is 13.0. The summed E-state index contributed by atoms with van der Waals surface area (Å²) in [6.45, 7) is 4.93. The quantitative estimate of drug-likeness (QED) is 0.226. The summed E-state index contributed by atoms with van der Waals surface area (Å²) in [5, 5.41) is 11.7. The molecule has 3 aromatic heterocycles. The van der Waals surface area contributed by atoms with Crippen LogP contribution in [0, 0.1) is 17.0 Å². The van der Waals surface area contributed by atoms with Crippen LogP contribution in [0.1, 0.15) is 29.8 Å². The number of aromatic nitrogens is 3. The molecule has 0 unspecified atom stereocenters. The second-order valence-corrected chi connectivity index (χ2v) is 10.7. The molecule has 1 fully saturated rings. The van der Waals surface area contributed by atoms with Crippen molar-refractivity contribution in [2.45, 2.75) is 38.9 Å². The number of hydrogen-bond donors (Lipinski definition) is 0. The van der Waals surface area contributed by atoms with Gasteiger partial charge in [0.05, 0.1) is 11.2 Å². The monoisotopic (exact) mass is 576 g/mol. The summed E-state index contributed by atoms with van der Waals surface area (Å²) in [6, 6.07) is 15.1. The fraction of sp³-hybridized carbons (Fsp3) is 0.321. The lowest BCUT2D eigenvalue weighted by Crippen LogP contribution is -2.47. The average molecular weight is 577 g/mol. The Balaban J connectivity index is 1.47. The third-order valence-corrected chi connectivity index (χ3v) is 7.72. The molecule has 38 heavy (non-hydrogen) atoms. The number of anilines is 1. The van der Waals surface area contributed by atoms with E-state index in [2.05, 4.69) is 46.3 Å². The van der Waals surface area contributed by atoms with Gasteiger partial charge in [0, 0.05) is 78.8 Å². The highest BCUT2D eigenvalue weighted by Crippen LogP contribution is 2.26. The standard InChI is InChI=1S/C28H29BrN6O3/c1-19-12-20(9-10-30-19)16-34(18-24-14-27(36)25-7-5-21(29)13-26(25)32(24)2)23-4-3-11-33(17-23)22-6-8-28(31-15-22)35(37)38/h5-10,12-15,23H,3-4,11,16-18H2,1-2H3/t23-/m0/s1. The first kappa shape index (κ1) is 26.0. The second kappa shape index (κ2) is 11.0. The first-order valence-corrected chi connectivity index (χ1v) is 13.4. The molecule has 1 atom stereocenters. The van der Waals surface area contributed by atoms with Gasteiger partial charge >= 0.3 is 5.82 Å². The maximum absolute atomic E-state index is 13.0. The van der Waals surface area contributed by atoms with Crippen LogP contribution in [0.15, 0.2) is 70.2 Å². The van der Waals surface area contributed by atoms with E-state index in [9.17, 15) is 14.9 Å². The van der Waals surface area contributed by atoms with Gasteiger partial charge in [-0.25, -0.2) is 0 Å². The zero-order valence-electron chi connectivity index (χ0n) is 21.4. The van der Waals surface area contributed by atoms with E-state index in [0.717, 1.165) is 53.0 Å². The molecule has 1 saturated heterocycles. The van der Waals surface area contributed by atoms with Gasteiger partial charge in [-0.1, -0.05) is 15.9 Å². The lowest BCUT2D eigenvalue weighted by Gasteiger charge is -2.40. The number of piperidine rings is 1. The van der Waals surface area contributed by atoms with E-state index in [1.807, 2.05) is 44.4 Å². The molecule has 0 spiro atoms. The van der Waals surface area contributed by atoms with Crippen LogP contribution < -0.4 is 10.3 Å². The van der Waals surface area contributed by atoms with Crippen LogP contribution in [0.25, 0.3) is 10.9 Å². The van der Waals surface area contributed by atoms with Crippen molar-refractivity contribution >= 4 is 38.3 Å². The SMILES string of the molecule is Cc1cc(CN(Cc2cc(=O)c3ccc(Br)cc3n2C)[C@H]2CCCN(c3ccc([N+](=O)[O-])nc3)C2)ccn1. The average Bonchev–Trinajstić information content (AvgIpc) is 2.91. The molecule has 0 N–H and O–H groups in total. The van der Waals surface area contributed by atoms with E-state index >= 15 is 0 Å². The molecular formula is C28H29BrN6O3. The van der Waals surface area contributed by atoms with Gasteiger partial charge in [0.15, 0.2) is 11.6 Å². The van der Waals surface area contributed by atoms with Crippen molar-refractivity contribution in [3.05, 3.63) is 103 Å². The van der Waals surface area contributed by atoms with Gasteiger partial charge in [-0.3, -0.25) is 14.7 Å². The Labute approximate surface area is 229 Å². The summed E-state index contributed by atoms with van der Waals surface area (Å²) >= 11 is 3.54. The number of aryl methyl sites for hydroxylation is 2. The number of benzene rings is 1. The molecule has 9 nitrogen and oxygen atoms in total. The van der Waals surface area contributed by atoms with Gasteiger partial charge in [-0.2, -0.15) is 0 Å². The molecule has 5 rings (SSSR count). The van der Waals surface area contributed by atoms with Gasteiger partial charge < -0.3 is 19.6 Å². The largest absolute Gasteiger partial charge is 0.367 e. The topological polar surface area (TPSA) is 97.4 Å². The first-order chi connectivity index (χ1) is 18.3. The van der Waals surface area contributed by atoms with Gasteiger partial charge in [0.25, 0.3) is 0 Å². The molecule has 196 valence electrons. The van der Waals surface area contributed by atoms with E-state index in [4.69, 9.17) is 0 Å². The molecule has 0 amide bonds. The van der Waals surface area contributed by atoms with E-state index in [-0.39, 0.29) is 17.3 Å². The molecule has 0 radical (unpaired) electrons. The molecular weight excluding hydrogens is 548 g/mol. The van der Waals surface area contributed by atoms with Gasteiger partial charge in [-0.05, 0) is 71.6 Å². The third-order valence-electron chi connectivity index (χ3n) is 7.22. The van der Waals surface area contributed by atoms with Crippen LogP contribution >= 0.6 is 15.9 Å². The highest BCUT2D eigenvalue weighted by Gasteiger charge is 2.27. The summed E-state index contributed by atoms with van der Waals surface area (Å²) in [6.07, 6.45) is 5.41. The van der Waals surface area contributed by atoms with Crippen LogP contribution in [0.2, 0.25) is 0 Å². The van der Waals surface area contributed by atoms with Gasteiger partial charge in [0.1, 0.15) is 0 Å². The van der Waals surface area contributed by atoms with Crippen LogP contribution in [0.5, 0.6) is 0 Å². The zero-order chi connectivity index (χ0) is 26.8. The summed E-state index contributed by atoms with van der Waals surface area (Å²) < 4.78 is 3.04. The minimum Gasteiger partial charge on any atom is -0.367 e. The predicted molar refractivity (Wildman–Crippen MR) is 151 cm³/mol. The highest BCUT2D eigenvalue weighted by atomic mass is 79.9. The normalized spacial score (nSPS) is 15.8. The molecule has 0 aliphatic carbocycles. The van der Waals surface area contributed by atoms with Crippen molar-refractivity contribution in [3.63, 3.8) is 0 Å². The zero-order valence-corrected chi connectivity index (χ0v) is 23.0. The minimum absolute atomic E-state index is 0.0162. The molecule has 1 aliphatic rings. The van der Waals surface area contributed by atoms with Crippen molar-refractivity contribution in [1.29, 1.82) is 0 Å². The predicted octanol–water partition coefficient (Wildman–Crippen LogP) is 4.98. The number of nitrogens with zero attached hydrogens (tertiary/aromatic N) is 6. The van der Waals surface area contributed by atoms with E-state index in [1.165, 1.54) is 11.6 Å². The fourth-order valence-corrected chi connectivity index (χ4v) is 5.59. The molecule has 4 aromatic rings. The van der Waals surface area contributed by atoms with Crippen LogP contribution in [0.3, 0.4) is 0 Å². The second-order valence-electron chi connectivity index (χ2n) is 9.80. The Hall–Kier alpha value is -3.63. The van der Waals surface area contributed by atoms with E-state index < -0.39 is 4.92 Å². The summed E-state index contributed by atoms with van der Waals surface area (Å²) in [5.41, 5.74) is 4.86. The number of nitro groups is 1. The third kappa shape index (κ3) is 5.61. The molecule has 0 bridgehead atoms. The van der Waals surface area contributed by atoms with E-state index in [0.29, 0.717) is 18.5 Å². The van der Waals surface area contributed by atoms with Crippen LogP contribution in [-0.4, -0.2) is 43.5 Å². The summed E-state index contributed by atoms with van der Waals surface area (Å²) in [5.74, 6) is -0.152. The van der Waals surface area contributed by atoms with Crippen LogP contribution in [0.4, 0.5) is 11.5 Å². The summed E-state index contributed by atoms with van der Waals surface area (Å²) in [7, 11) is 2.01. The van der Waals surface area contributed by atoms with Crippen LogP contribution in [-0.2, 0) is 20.1 Å². The summed E-state index contributed by atoms with van der Waals surface area (Å²) in [4.78, 5) is 36.6. The lowest BCUT2D eigenvalue weighted by atomic mass is 10.0. The van der Waals surface area contributed by atoms with E-state index in [1.54, 1.807) is 18.3 Å². The molecule has 0 saturated carbocycles. The highest BCUT2D eigenvalue weighted by molar-refractivity contribution is 9.10. The Morgan fingerprint density at radius 3 is 2.71 bits per heavy atom. The number of rotatable bonds is 7. The van der Waals surface area contributed by atoms with Gasteiger partial charge in [-0.15, -0.1) is 0 Å². The van der Waals surface area contributed by atoms with Crippen molar-refractivity contribution in [2.75, 3.05) is 18.0 Å². The molecule has 1 aromatic carbocycles. The van der Waals surface area contributed by atoms with Gasteiger partial charge in [0.2, 0.25) is 0 Å². The Morgan fingerprint density at radius 2 is 1.97 bits per heavy atom. The number of fused-ring (bicyclic) bond motifs is 1. The van der Waals surface area contributed by atoms with Crippen molar-refractivity contribution in [1.82, 2.24) is 19.4 Å². The molecule has 1 aliphatic heterocycles. The number of halogens is 1. The molecule has 4 heterocycles.